The highest BCUT2D eigenvalue weighted by Gasteiger charge is 2.13. The van der Waals surface area contributed by atoms with Crippen molar-refractivity contribution in [3.05, 3.63) is 11.3 Å². The van der Waals surface area contributed by atoms with Crippen LogP contribution in [0, 0.1) is 6.92 Å². The summed E-state index contributed by atoms with van der Waals surface area (Å²) >= 11 is 1.84. The normalized spacial score (nSPS) is 13.2. The first-order valence-corrected chi connectivity index (χ1v) is 5.95. The molecule has 1 heterocycles. The molecule has 2 N–H and O–H groups in total. The highest BCUT2D eigenvalue weighted by atomic mass is 32.2. The Labute approximate surface area is 90.1 Å². The molecule has 1 atom stereocenters. The molecule has 4 heteroatoms. The van der Waals surface area contributed by atoms with Crippen molar-refractivity contribution in [3.8, 4) is 0 Å². The van der Waals surface area contributed by atoms with E-state index >= 15 is 0 Å². The molecule has 0 bridgehead atoms. The van der Waals surface area contributed by atoms with Crippen LogP contribution in [-0.4, -0.2) is 21.6 Å². The van der Waals surface area contributed by atoms with E-state index in [2.05, 4.69) is 18.9 Å². The van der Waals surface area contributed by atoms with Crippen molar-refractivity contribution in [1.82, 2.24) is 9.78 Å². The van der Waals surface area contributed by atoms with Gasteiger partial charge in [-0.05, 0) is 26.0 Å². The molecule has 0 radical (unpaired) electrons. The predicted molar refractivity (Wildman–Crippen MR) is 61.7 cm³/mol. The molecule has 1 rings (SSSR count). The minimum Gasteiger partial charge on any atom is -0.328 e. The van der Waals surface area contributed by atoms with Crippen LogP contribution < -0.4 is 5.73 Å². The van der Waals surface area contributed by atoms with Gasteiger partial charge in [0, 0.05) is 18.7 Å². The van der Waals surface area contributed by atoms with Gasteiger partial charge >= 0.3 is 0 Å². The number of nitrogens with zero attached hydrogens (tertiary/aromatic N) is 2. The Hall–Kier alpha value is -0.480. The van der Waals surface area contributed by atoms with Crippen LogP contribution >= 0.6 is 11.8 Å². The quantitative estimate of drug-likeness (QED) is 0.775. The van der Waals surface area contributed by atoms with E-state index in [4.69, 9.17) is 5.73 Å². The maximum Gasteiger partial charge on any atom is 0.0971 e. The maximum absolute atomic E-state index is 5.82. The summed E-state index contributed by atoms with van der Waals surface area (Å²) in [6.07, 6.45) is 0.919. The van der Waals surface area contributed by atoms with Gasteiger partial charge in [0.2, 0.25) is 0 Å². The number of rotatable bonds is 4. The van der Waals surface area contributed by atoms with Crippen LogP contribution in [-0.2, 0) is 13.5 Å². The fourth-order valence-electron chi connectivity index (χ4n) is 1.56. The molecule has 0 aliphatic rings. The van der Waals surface area contributed by atoms with E-state index in [9.17, 15) is 0 Å². The van der Waals surface area contributed by atoms with E-state index in [-0.39, 0.29) is 6.04 Å². The second-order valence-electron chi connectivity index (χ2n) is 3.61. The van der Waals surface area contributed by atoms with E-state index in [1.54, 1.807) is 0 Å². The van der Waals surface area contributed by atoms with E-state index in [0.29, 0.717) is 0 Å². The smallest absolute Gasteiger partial charge is 0.0971 e. The molecule has 0 aliphatic carbocycles. The zero-order valence-electron chi connectivity index (χ0n) is 9.37. The summed E-state index contributed by atoms with van der Waals surface area (Å²) in [5.41, 5.74) is 8.25. The van der Waals surface area contributed by atoms with Crippen LogP contribution in [0.3, 0.4) is 0 Å². The van der Waals surface area contributed by atoms with Gasteiger partial charge in [-0.2, -0.15) is 5.10 Å². The third-order valence-corrected chi connectivity index (χ3v) is 3.17. The van der Waals surface area contributed by atoms with Crippen LogP contribution in [0.25, 0.3) is 0 Å². The fourth-order valence-corrected chi connectivity index (χ4v) is 2.46. The van der Waals surface area contributed by atoms with Gasteiger partial charge in [-0.3, -0.25) is 4.68 Å². The van der Waals surface area contributed by atoms with Gasteiger partial charge in [-0.1, -0.05) is 6.92 Å². The molecule has 0 spiro atoms. The van der Waals surface area contributed by atoms with Gasteiger partial charge in [0.15, 0.2) is 0 Å². The fraction of sp³-hybridized carbons (Fsp3) is 0.700. The number of hydrogen-bond acceptors (Lipinski definition) is 3. The summed E-state index contributed by atoms with van der Waals surface area (Å²) in [6, 6.07) is 0.203. The Morgan fingerprint density at radius 2 is 2.21 bits per heavy atom. The summed E-state index contributed by atoms with van der Waals surface area (Å²) in [6.45, 7) is 6.24. The molecule has 0 aliphatic heterocycles. The van der Waals surface area contributed by atoms with E-state index in [1.807, 2.05) is 30.4 Å². The monoisotopic (exact) mass is 213 g/mol. The number of hydrogen-bond donors (Lipinski definition) is 1. The Morgan fingerprint density at radius 1 is 1.57 bits per heavy atom. The van der Waals surface area contributed by atoms with Crippen molar-refractivity contribution >= 4 is 11.8 Å². The van der Waals surface area contributed by atoms with Crippen LogP contribution in [0.1, 0.15) is 25.1 Å². The summed E-state index contributed by atoms with van der Waals surface area (Å²) in [5, 5.41) is 5.69. The molecule has 1 aromatic heterocycles. The zero-order chi connectivity index (χ0) is 10.7. The summed E-state index contributed by atoms with van der Waals surface area (Å²) in [7, 11) is 2.00. The first-order chi connectivity index (χ1) is 6.56. The Bertz CT molecular complexity index is 305. The van der Waals surface area contributed by atoms with Crippen LogP contribution in [0.15, 0.2) is 5.03 Å². The molecule has 14 heavy (non-hydrogen) atoms. The largest absolute Gasteiger partial charge is 0.328 e. The molecule has 0 fully saturated rings. The Balaban J connectivity index is 2.98. The molecule has 0 amide bonds. The Morgan fingerprint density at radius 3 is 2.71 bits per heavy atom. The molecule has 1 aromatic rings. The average molecular weight is 213 g/mol. The standard InChI is InChI=1S/C10H19N3S/c1-5-14-10-9(6-7(2)11)8(3)12-13(10)4/h7H,5-6,11H2,1-4H3. The molecule has 1 unspecified atom stereocenters. The second-order valence-corrected chi connectivity index (χ2v) is 4.86. The first kappa shape index (κ1) is 11.6. The highest BCUT2D eigenvalue weighted by molar-refractivity contribution is 7.99. The highest BCUT2D eigenvalue weighted by Crippen LogP contribution is 2.25. The predicted octanol–water partition coefficient (Wildman–Crippen LogP) is 1.73. The van der Waals surface area contributed by atoms with Crippen molar-refractivity contribution in [2.75, 3.05) is 5.75 Å². The van der Waals surface area contributed by atoms with Gasteiger partial charge in [0.05, 0.1) is 10.7 Å². The lowest BCUT2D eigenvalue weighted by Gasteiger charge is -2.07. The maximum atomic E-state index is 5.82. The van der Waals surface area contributed by atoms with E-state index in [0.717, 1.165) is 17.9 Å². The topological polar surface area (TPSA) is 43.8 Å². The lowest BCUT2D eigenvalue weighted by Crippen LogP contribution is -2.18. The minimum absolute atomic E-state index is 0.203. The molecule has 0 aromatic carbocycles. The third-order valence-electron chi connectivity index (χ3n) is 2.10. The third kappa shape index (κ3) is 2.51. The molecule has 80 valence electrons. The van der Waals surface area contributed by atoms with Crippen LogP contribution in [0.5, 0.6) is 0 Å². The van der Waals surface area contributed by atoms with E-state index < -0.39 is 0 Å². The van der Waals surface area contributed by atoms with Gasteiger partial charge in [0.1, 0.15) is 0 Å². The first-order valence-electron chi connectivity index (χ1n) is 4.97. The number of aryl methyl sites for hydroxylation is 2. The molecule has 3 nitrogen and oxygen atoms in total. The van der Waals surface area contributed by atoms with Crippen molar-refractivity contribution in [3.63, 3.8) is 0 Å². The van der Waals surface area contributed by atoms with Gasteiger partial charge in [-0.15, -0.1) is 11.8 Å². The van der Waals surface area contributed by atoms with Gasteiger partial charge < -0.3 is 5.73 Å². The SMILES string of the molecule is CCSc1c(CC(C)N)c(C)nn1C. The minimum atomic E-state index is 0.203. The van der Waals surface area contributed by atoms with Crippen molar-refractivity contribution in [2.24, 2.45) is 12.8 Å². The number of thioether (sulfide) groups is 1. The second kappa shape index (κ2) is 4.84. The van der Waals surface area contributed by atoms with Crippen LogP contribution in [0.2, 0.25) is 0 Å². The van der Waals surface area contributed by atoms with Crippen molar-refractivity contribution in [2.45, 2.75) is 38.3 Å². The molecular formula is C10H19N3S. The lowest BCUT2D eigenvalue weighted by atomic mass is 10.1. The lowest BCUT2D eigenvalue weighted by molar-refractivity contribution is 0.677. The zero-order valence-corrected chi connectivity index (χ0v) is 10.2. The summed E-state index contributed by atoms with van der Waals surface area (Å²) in [5.74, 6) is 1.07. The van der Waals surface area contributed by atoms with Gasteiger partial charge in [-0.25, -0.2) is 0 Å². The summed E-state index contributed by atoms with van der Waals surface area (Å²) in [4.78, 5) is 0. The number of aromatic nitrogens is 2. The van der Waals surface area contributed by atoms with Crippen molar-refractivity contribution < 1.29 is 0 Å². The number of nitrogens with two attached hydrogens (primary N) is 1. The Kier molecular flexibility index (Phi) is 4.01. The van der Waals surface area contributed by atoms with E-state index in [1.165, 1.54) is 10.6 Å². The van der Waals surface area contributed by atoms with Crippen molar-refractivity contribution in [1.29, 1.82) is 0 Å². The van der Waals surface area contributed by atoms with Gasteiger partial charge in [0.25, 0.3) is 0 Å². The summed E-state index contributed by atoms with van der Waals surface area (Å²) < 4.78 is 1.96. The molecule has 0 saturated heterocycles. The van der Waals surface area contributed by atoms with Crippen LogP contribution in [0.4, 0.5) is 0 Å². The molecule has 0 saturated carbocycles. The average Bonchev–Trinajstić information content (AvgIpc) is 2.31. The molecular weight excluding hydrogens is 194 g/mol.